The van der Waals surface area contributed by atoms with E-state index in [2.05, 4.69) is 5.32 Å². The summed E-state index contributed by atoms with van der Waals surface area (Å²) < 4.78 is 11.2. The zero-order chi connectivity index (χ0) is 17.5. The lowest BCUT2D eigenvalue weighted by molar-refractivity contribution is 0.0939. The minimum atomic E-state index is -0.132. The fourth-order valence-corrected chi connectivity index (χ4v) is 2.49. The molecule has 2 aromatic carbocycles. The second-order valence-electron chi connectivity index (χ2n) is 5.64. The van der Waals surface area contributed by atoms with Crippen molar-refractivity contribution in [1.82, 2.24) is 5.32 Å². The zero-order valence-corrected chi connectivity index (χ0v) is 14.8. The molecular weight excluding hydrogens is 302 g/mol. The summed E-state index contributed by atoms with van der Waals surface area (Å²) in [5.41, 5.74) is 2.70. The van der Waals surface area contributed by atoms with Crippen LogP contribution in [0, 0.1) is 6.92 Å². The van der Waals surface area contributed by atoms with Crippen LogP contribution in [0.1, 0.15) is 48.3 Å². The molecule has 0 aliphatic carbocycles. The second-order valence-corrected chi connectivity index (χ2v) is 5.64. The zero-order valence-electron chi connectivity index (χ0n) is 14.8. The lowest BCUT2D eigenvalue weighted by Crippen LogP contribution is -2.26. The van der Waals surface area contributed by atoms with Gasteiger partial charge in [-0.2, -0.15) is 0 Å². The van der Waals surface area contributed by atoms with Crippen LogP contribution in [0.5, 0.6) is 11.5 Å². The van der Waals surface area contributed by atoms with Gasteiger partial charge >= 0.3 is 0 Å². The van der Waals surface area contributed by atoms with Gasteiger partial charge in [0.1, 0.15) is 0 Å². The third-order valence-electron chi connectivity index (χ3n) is 3.70. The molecule has 0 saturated heterocycles. The Labute approximate surface area is 143 Å². The van der Waals surface area contributed by atoms with E-state index in [1.807, 2.05) is 70.2 Å². The van der Waals surface area contributed by atoms with E-state index in [0.717, 1.165) is 16.9 Å². The average molecular weight is 327 g/mol. The van der Waals surface area contributed by atoms with Crippen LogP contribution in [0.25, 0.3) is 0 Å². The van der Waals surface area contributed by atoms with Gasteiger partial charge in [-0.25, -0.2) is 0 Å². The van der Waals surface area contributed by atoms with Crippen LogP contribution in [-0.4, -0.2) is 19.1 Å². The van der Waals surface area contributed by atoms with Crippen molar-refractivity contribution in [2.24, 2.45) is 0 Å². The summed E-state index contributed by atoms with van der Waals surface area (Å²) in [4.78, 5) is 12.4. The van der Waals surface area contributed by atoms with Crippen molar-refractivity contribution in [2.45, 2.75) is 33.7 Å². The fourth-order valence-electron chi connectivity index (χ4n) is 2.49. The molecule has 128 valence electrons. The number of hydrogen-bond donors (Lipinski definition) is 1. The van der Waals surface area contributed by atoms with Gasteiger partial charge in [-0.1, -0.05) is 23.8 Å². The first-order chi connectivity index (χ1) is 11.5. The van der Waals surface area contributed by atoms with E-state index in [4.69, 9.17) is 9.47 Å². The molecule has 0 fully saturated rings. The van der Waals surface area contributed by atoms with E-state index >= 15 is 0 Å². The quantitative estimate of drug-likeness (QED) is 0.825. The molecule has 0 heterocycles. The van der Waals surface area contributed by atoms with Crippen LogP contribution in [0.3, 0.4) is 0 Å². The Morgan fingerprint density at radius 1 is 1.04 bits per heavy atom. The number of ether oxygens (including phenoxy) is 2. The number of rotatable bonds is 7. The van der Waals surface area contributed by atoms with E-state index in [1.54, 1.807) is 0 Å². The Bertz CT molecular complexity index is 697. The van der Waals surface area contributed by atoms with Gasteiger partial charge in [0.2, 0.25) is 0 Å². The number of amides is 1. The number of benzene rings is 2. The van der Waals surface area contributed by atoms with Gasteiger partial charge < -0.3 is 14.8 Å². The fraction of sp³-hybridized carbons (Fsp3) is 0.350. The van der Waals surface area contributed by atoms with E-state index in [1.165, 1.54) is 0 Å². The van der Waals surface area contributed by atoms with Crippen molar-refractivity contribution in [1.29, 1.82) is 0 Å². The highest BCUT2D eigenvalue weighted by Gasteiger charge is 2.14. The Balaban J connectivity index is 2.15. The van der Waals surface area contributed by atoms with Crippen molar-refractivity contribution in [3.8, 4) is 11.5 Å². The van der Waals surface area contributed by atoms with Crippen molar-refractivity contribution in [3.05, 3.63) is 59.2 Å². The van der Waals surface area contributed by atoms with Crippen LogP contribution in [0.2, 0.25) is 0 Å². The van der Waals surface area contributed by atoms with E-state index in [9.17, 15) is 4.79 Å². The van der Waals surface area contributed by atoms with Crippen molar-refractivity contribution < 1.29 is 14.3 Å². The summed E-state index contributed by atoms with van der Waals surface area (Å²) in [7, 11) is 0. The molecule has 1 N–H and O–H groups in total. The molecule has 0 aliphatic rings. The van der Waals surface area contributed by atoms with Crippen molar-refractivity contribution in [3.63, 3.8) is 0 Å². The number of aryl methyl sites for hydroxylation is 1. The molecule has 0 aromatic heterocycles. The van der Waals surface area contributed by atoms with E-state index in [0.29, 0.717) is 24.5 Å². The van der Waals surface area contributed by atoms with Gasteiger partial charge in [0.05, 0.1) is 19.3 Å². The van der Waals surface area contributed by atoms with E-state index < -0.39 is 0 Å². The van der Waals surface area contributed by atoms with Gasteiger partial charge in [-0.15, -0.1) is 0 Å². The first-order valence-electron chi connectivity index (χ1n) is 8.32. The molecule has 2 aromatic rings. The molecule has 1 atom stereocenters. The summed E-state index contributed by atoms with van der Waals surface area (Å²) in [6.07, 6.45) is 0. The largest absolute Gasteiger partial charge is 0.490 e. The monoisotopic (exact) mass is 327 g/mol. The number of carbonyl (C=O) groups is 1. The molecule has 2 rings (SSSR count). The molecule has 0 spiro atoms. The summed E-state index contributed by atoms with van der Waals surface area (Å²) in [5, 5.41) is 3.03. The van der Waals surface area contributed by atoms with Crippen LogP contribution < -0.4 is 14.8 Å². The topological polar surface area (TPSA) is 47.6 Å². The molecule has 4 heteroatoms. The highest BCUT2D eigenvalue weighted by Crippen LogP contribution is 2.30. The lowest BCUT2D eigenvalue weighted by Gasteiger charge is -2.17. The predicted octanol–water partition coefficient (Wildman–Crippen LogP) is 4.28. The van der Waals surface area contributed by atoms with Gasteiger partial charge in [0, 0.05) is 5.56 Å². The molecule has 24 heavy (non-hydrogen) atoms. The Kier molecular flexibility index (Phi) is 6.24. The molecule has 0 unspecified atom stereocenters. The molecule has 4 nitrogen and oxygen atoms in total. The lowest BCUT2D eigenvalue weighted by atomic mass is 10.1. The van der Waals surface area contributed by atoms with Crippen LogP contribution in [0.4, 0.5) is 0 Å². The highest BCUT2D eigenvalue weighted by atomic mass is 16.5. The maximum Gasteiger partial charge on any atom is 0.251 e. The summed E-state index contributed by atoms with van der Waals surface area (Å²) in [6.45, 7) is 8.95. The summed E-state index contributed by atoms with van der Waals surface area (Å²) in [5.74, 6) is 1.34. The number of nitrogens with one attached hydrogen (secondary N) is 1. The van der Waals surface area contributed by atoms with Gasteiger partial charge in [0.25, 0.3) is 5.91 Å². The smallest absolute Gasteiger partial charge is 0.251 e. The van der Waals surface area contributed by atoms with Gasteiger partial charge in [0.15, 0.2) is 11.5 Å². The summed E-state index contributed by atoms with van der Waals surface area (Å²) >= 11 is 0. The van der Waals surface area contributed by atoms with Crippen LogP contribution in [0.15, 0.2) is 42.5 Å². The molecular formula is C20H25NO3. The van der Waals surface area contributed by atoms with Crippen LogP contribution >= 0.6 is 0 Å². The van der Waals surface area contributed by atoms with Crippen molar-refractivity contribution >= 4 is 5.91 Å². The third-order valence-corrected chi connectivity index (χ3v) is 3.70. The Hall–Kier alpha value is -2.49. The number of carbonyl (C=O) groups excluding carboxylic acids is 1. The standard InChI is InChI=1S/C20H25NO3/c1-5-23-18-11-10-16(13-19(18)24-6-2)15(4)21-20(22)17-9-7-8-14(3)12-17/h7-13,15H,5-6H2,1-4H3,(H,21,22)/t15-/m1/s1. The first kappa shape index (κ1) is 17.9. The molecule has 1 amide bonds. The third kappa shape index (κ3) is 4.51. The molecule has 0 saturated carbocycles. The maximum atomic E-state index is 12.4. The average Bonchev–Trinajstić information content (AvgIpc) is 2.56. The minimum absolute atomic E-state index is 0.0851. The van der Waals surface area contributed by atoms with E-state index in [-0.39, 0.29) is 11.9 Å². The SMILES string of the molecule is CCOc1ccc([C@@H](C)NC(=O)c2cccc(C)c2)cc1OCC. The normalized spacial score (nSPS) is 11.7. The van der Waals surface area contributed by atoms with Crippen molar-refractivity contribution in [2.75, 3.05) is 13.2 Å². The summed E-state index contributed by atoms with van der Waals surface area (Å²) in [6, 6.07) is 13.2. The van der Waals surface area contributed by atoms with Gasteiger partial charge in [-0.3, -0.25) is 4.79 Å². The second kappa shape index (κ2) is 8.39. The Morgan fingerprint density at radius 2 is 1.75 bits per heavy atom. The maximum absolute atomic E-state index is 12.4. The molecule has 0 aliphatic heterocycles. The molecule has 0 bridgehead atoms. The first-order valence-corrected chi connectivity index (χ1v) is 8.32. The van der Waals surface area contributed by atoms with Gasteiger partial charge in [-0.05, 0) is 57.5 Å². The predicted molar refractivity (Wildman–Crippen MR) is 95.8 cm³/mol. The molecule has 0 radical (unpaired) electrons. The Morgan fingerprint density at radius 3 is 2.42 bits per heavy atom. The highest BCUT2D eigenvalue weighted by molar-refractivity contribution is 5.94. The minimum Gasteiger partial charge on any atom is -0.490 e. The number of hydrogen-bond acceptors (Lipinski definition) is 3. The van der Waals surface area contributed by atoms with Crippen LogP contribution in [-0.2, 0) is 0 Å².